The van der Waals surface area contributed by atoms with Gasteiger partial charge < -0.3 is 9.15 Å². The highest BCUT2D eigenvalue weighted by molar-refractivity contribution is 7.81. The van der Waals surface area contributed by atoms with Gasteiger partial charge in [-0.25, -0.2) is 0 Å². The minimum Gasteiger partial charge on any atom is -0.465 e. The maximum atomic E-state index is 5.43. The average molecular weight is 170 g/mol. The molecular formula is C8H10O2S. The summed E-state index contributed by atoms with van der Waals surface area (Å²) in [5, 5.41) is 0. The molecule has 1 aliphatic rings. The maximum Gasteiger partial charge on any atom is 0.124 e. The van der Waals surface area contributed by atoms with Crippen molar-refractivity contribution in [2.75, 3.05) is 13.2 Å². The van der Waals surface area contributed by atoms with Gasteiger partial charge in [-0.05, 0) is 19.1 Å². The first-order valence-electron chi connectivity index (χ1n) is 3.58. The molecule has 1 fully saturated rings. The Morgan fingerprint density at radius 3 is 2.55 bits per heavy atom. The third-order valence-corrected chi connectivity index (χ3v) is 2.36. The zero-order valence-corrected chi connectivity index (χ0v) is 7.23. The lowest BCUT2D eigenvalue weighted by Gasteiger charge is -2.34. The van der Waals surface area contributed by atoms with E-state index in [1.807, 2.05) is 19.1 Å². The molecule has 2 heterocycles. The van der Waals surface area contributed by atoms with Crippen LogP contribution in [0.4, 0.5) is 0 Å². The van der Waals surface area contributed by atoms with Crippen LogP contribution >= 0.6 is 12.6 Å². The van der Waals surface area contributed by atoms with Gasteiger partial charge in [-0.15, -0.1) is 0 Å². The molecule has 0 aliphatic carbocycles. The SMILES string of the molecule is Cc1ccc(C2(S)COC2)o1. The van der Waals surface area contributed by atoms with E-state index >= 15 is 0 Å². The first kappa shape index (κ1) is 7.25. The van der Waals surface area contributed by atoms with Crippen molar-refractivity contribution in [1.29, 1.82) is 0 Å². The minimum absolute atomic E-state index is 0.158. The number of rotatable bonds is 1. The van der Waals surface area contributed by atoms with Gasteiger partial charge >= 0.3 is 0 Å². The Balaban J connectivity index is 2.28. The zero-order valence-electron chi connectivity index (χ0n) is 6.33. The van der Waals surface area contributed by atoms with Gasteiger partial charge in [0, 0.05) is 0 Å². The number of hydrogen-bond donors (Lipinski definition) is 1. The van der Waals surface area contributed by atoms with E-state index in [2.05, 4.69) is 12.6 Å². The summed E-state index contributed by atoms with van der Waals surface area (Å²) in [7, 11) is 0. The monoisotopic (exact) mass is 170 g/mol. The maximum absolute atomic E-state index is 5.43. The molecule has 1 aromatic heterocycles. The molecule has 0 N–H and O–H groups in total. The predicted molar refractivity (Wildman–Crippen MR) is 44.9 cm³/mol. The van der Waals surface area contributed by atoms with Crippen molar-refractivity contribution in [3.63, 3.8) is 0 Å². The van der Waals surface area contributed by atoms with Crippen LogP contribution in [0.15, 0.2) is 16.5 Å². The van der Waals surface area contributed by atoms with Crippen molar-refractivity contribution in [3.05, 3.63) is 23.7 Å². The summed E-state index contributed by atoms with van der Waals surface area (Å²) in [5.41, 5.74) is 0. The van der Waals surface area contributed by atoms with Crippen molar-refractivity contribution in [2.24, 2.45) is 0 Å². The molecule has 2 nitrogen and oxygen atoms in total. The van der Waals surface area contributed by atoms with Gasteiger partial charge in [-0.2, -0.15) is 12.6 Å². The zero-order chi connectivity index (χ0) is 7.90. The first-order chi connectivity index (χ1) is 5.21. The third-order valence-electron chi connectivity index (χ3n) is 1.88. The van der Waals surface area contributed by atoms with Crippen molar-refractivity contribution >= 4 is 12.6 Å². The number of aryl methyl sites for hydroxylation is 1. The van der Waals surface area contributed by atoms with E-state index in [4.69, 9.17) is 9.15 Å². The molecule has 0 amide bonds. The molecule has 11 heavy (non-hydrogen) atoms. The summed E-state index contributed by atoms with van der Waals surface area (Å²) in [6, 6.07) is 3.91. The predicted octanol–water partition coefficient (Wildman–Crippen LogP) is 1.74. The molecule has 0 atom stereocenters. The summed E-state index contributed by atoms with van der Waals surface area (Å²) in [6.07, 6.45) is 0. The van der Waals surface area contributed by atoms with Crippen molar-refractivity contribution in [3.8, 4) is 0 Å². The number of hydrogen-bond acceptors (Lipinski definition) is 3. The Morgan fingerprint density at radius 2 is 2.18 bits per heavy atom. The lowest BCUT2D eigenvalue weighted by Crippen LogP contribution is -2.41. The minimum atomic E-state index is -0.158. The van der Waals surface area contributed by atoms with E-state index in [-0.39, 0.29) is 4.75 Å². The second kappa shape index (κ2) is 2.29. The van der Waals surface area contributed by atoms with Crippen molar-refractivity contribution < 1.29 is 9.15 Å². The van der Waals surface area contributed by atoms with Crippen molar-refractivity contribution in [1.82, 2.24) is 0 Å². The highest BCUT2D eigenvalue weighted by atomic mass is 32.1. The van der Waals surface area contributed by atoms with E-state index in [1.54, 1.807) is 0 Å². The normalized spacial score (nSPS) is 21.3. The fraction of sp³-hybridized carbons (Fsp3) is 0.500. The summed E-state index contributed by atoms with van der Waals surface area (Å²) in [6.45, 7) is 3.24. The van der Waals surface area contributed by atoms with Crippen LogP contribution < -0.4 is 0 Å². The molecule has 60 valence electrons. The van der Waals surface area contributed by atoms with E-state index < -0.39 is 0 Å². The molecule has 0 spiro atoms. The first-order valence-corrected chi connectivity index (χ1v) is 4.02. The average Bonchev–Trinajstić information content (AvgIpc) is 2.31. The molecule has 0 saturated carbocycles. The van der Waals surface area contributed by atoms with Crippen LogP contribution in [0.25, 0.3) is 0 Å². The highest BCUT2D eigenvalue weighted by Gasteiger charge is 2.39. The standard InChI is InChI=1S/C8H10O2S/c1-6-2-3-7(10-6)8(11)4-9-5-8/h2-3,11H,4-5H2,1H3. The van der Waals surface area contributed by atoms with E-state index in [0.29, 0.717) is 13.2 Å². The van der Waals surface area contributed by atoms with Crippen molar-refractivity contribution in [2.45, 2.75) is 11.7 Å². The largest absolute Gasteiger partial charge is 0.465 e. The molecule has 0 radical (unpaired) electrons. The summed E-state index contributed by atoms with van der Waals surface area (Å²) >= 11 is 4.46. The smallest absolute Gasteiger partial charge is 0.124 e. The quantitative estimate of drug-likeness (QED) is 0.649. The lowest BCUT2D eigenvalue weighted by atomic mass is 10.0. The Morgan fingerprint density at radius 1 is 1.45 bits per heavy atom. The Hall–Kier alpha value is -0.410. The topological polar surface area (TPSA) is 22.4 Å². The van der Waals surface area contributed by atoms with Crippen LogP contribution in [-0.4, -0.2) is 13.2 Å². The van der Waals surface area contributed by atoms with Gasteiger partial charge in [-0.3, -0.25) is 0 Å². The van der Waals surface area contributed by atoms with Gasteiger partial charge in [0.2, 0.25) is 0 Å². The molecule has 3 heteroatoms. The third kappa shape index (κ3) is 1.08. The summed E-state index contributed by atoms with van der Waals surface area (Å²) in [4.78, 5) is 0. The van der Waals surface area contributed by atoms with Gasteiger partial charge in [0.25, 0.3) is 0 Å². The second-order valence-corrected chi connectivity index (χ2v) is 3.79. The van der Waals surface area contributed by atoms with Gasteiger partial charge in [0.1, 0.15) is 16.3 Å². The van der Waals surface area contributed by atoms with Crippen LogP contribution in [0.5, 0.6) is 0 Å². The van der Waals surface area contributed by atoms with Crippen LogP contribution in [0.1, 0.15) is 11.5 Å². The second-order valence-electron chi connectivity index (χ2n) is 2.93. The Bertz CT molecular complexity index is 263. The summed E-state index contributed by atoms with van der Waals surface area (Å²) < 4.78 is 10.3. The molecule has 1 aliphatic heterocycles. The Labute approximate surface area is 70.9 Å². The molecule has 2 rings (SSSR count). The van der Waals surface area contributed by atoms with E-state index in [0.717, 1.165) is 11.5 Å². The number of thiol groups is 1. The number of ether oxygens (including phenoxy) is 1. The molecule has 0 unspecified atom stereocenters. The molecular weight excluding hydrogens is 160 g/mol. The van der Waals surface area contributed by atoms with E-state index in [1.165, 1.54) is 0 Å². The van der Waals surface area contributed by atoms with Crippen LogP contribution in [0, 0.1) is 6.92 Å². The van der Waals surface area contributed by atoms with Crippen LogP contribution in [0.2, 0.25) is 0 Å². The van der Waals surface area contributed by atoms with Gasteiger partial charge in [-0.1, -0.05) is 0 Å². The lowest BCUT2D eigenvalue weighted by molar-refractivity contribution is -0.0190. The highest BCUT2D eigenvalue weighted by Crippen LogP contribution is 2.36. The molecule has 1 aromatic rings. The van der Waals surface area contributed by atoms with Gasteiger partial charge in [0.15, 0.2) is 0 Å². The number of furan rings is 1. The molecule has 1 saturated heterocycles. The van der Waals surface area contributed by atoms with Crippen LogP contribution in [0.3, 0.4) is 0 Å². The van der Waals surface area contributed by atoms with Gasteiger partial charge in [0.05, 0.1) is 13.2 Å². The molecule has 0 bridgehead atoms. The fourth-order valence-corrected chi connectivity index (χ4v) is 1.43. The fourth-order valence-electron chi connectivity index (χ4n) is 1.12. The summed E-state index contributed by atoms with van der Waals surface area (Å²) in [5.74, 6) is 1.85. The van der Waals surface area contributed by atoms with Crippen LogP contribution in [-0.2, 0) is 9.48 Å². The molecule has 0 aromatic carbocycles. The van der Waals surface area contributed by atoms with E-state index in [9.17, 15) is 0 Å². The Kier molecular flexibility index (Phi) is 1.51.